The Bertz CT molecular complexity index is 1200. The van der Waals surface area contributed by atoms with Gasteiger partial charge in [0.15, 0.2) is 0 Å². The topological polar surface area (TPSA) is 106 Å². The highest BCUT2D eigenvalue weighted by Gasteiger charge is 2.36. The maximum Gasteiger partial charge on any atom is 0.280 e. The Labute approximate surface area is 177 Å². The molecule has 10 heteroatoms. The Morgan fingerprint density at radius 2 is 1.87 bits per heavy atom. The van der Waals surface area contributed by atoms with E-state index >= 15 is 0 Å². The van der Waals surface area contributed by atoms with Gasteiger partial charge >= 0.3 is 0 Å². The molecule has 0 unspecified atom stereocenters. The summed E-state index contributed by atoms with van der Waals surface area (Å²) >= 11 is 1.01. The van der Waals surface area contributed by atoms with Crippen molar-refractivity contribution in [2.45, 2.75) is 17.3 Å². The number of sulfonamides is 1. The summed E-state index contributed by atoms with van der Waals surface area (Å²) in [5.74, 6) is -0.329. The maximum absolute atomic E-state index is 12.7. The first kappa shape index (κ1) is 20.2. The normalized spacial score (nSPS) is 13.6. The number of nitrogens with zero attached hydrogens (tertiary/aromatic N) is 2. The van der Waals surface area contributed by atoms with Crippen molar-refractivity contribution in [3.8, 4) is 5.75 Å². The molecule has 0 aliphatic carbocycles. The number of hydrogen-bond donors (Lipinski definition) is 1. The van der Waals surface area contributed by atoms with Gasteiger partial charge in [-0.05, 0) is 30.3 Å². The fraction of sp³-hybridized carbons (Fsp3) is 0.150. The van der Waals surface area contributed by atoms with Crippen molar-refractivity contribution in [1.82, 2.24) is 14.6 Å². The third-order valence-electron chi connectivity index (χ3n) is 4.59. The average molecular weight is 444 g/mol. The second kappa shape index (κ2) is 7.98. The molecule has 2 amide bonds. The Morgan fingerprint density at radius 3 is 2.63 bits per heavy atom. The summed E-state index contributed by atoms with van der Waals surface area (Å²) in [6.45, 7) is 0.0599. The number of hydrogen-bond acceptors (Lipinski definition) is 7. The van der Waals surface area contributed by atoms with E-state index in [0.717, 1.165) is 16.2 Å². The van der Waals surface area contributed by atoms with Gasteiger partial charge in [0.1, 0.15) is 15.7 Å². The zero-order valence-electron chi connectivity index (χ0n) is 15.9. The first-order chi connectivity index (χ1) is 14.4. The molecule has 3 heterocycles. The molecule has 1 aliphatic rings. The molecule has 0 bridgehead atoms. The van der Waals surface area contributed by atoms with E-state index in [0.29, 0.717) is 16.2 Å². The molecule has 3 aromatic rings. The van der Waals surface area contributed by atoms with Gasteiger partial charge < -0.3 is 4.74 Å². The number of para-hydroxylation sites is 1. The molecule has 0 saturated carbocycles. The lowest BCUT2D eigenvalue weighted by Gasteiger charge is -2.11. The van der Waals surface area contributed by atoms with Gasteiger partial charge in [0.05, 0.1) is 19.2 Å². The van der Waals surface area contributed by atoms with E-state index in [2.05, 4.69) is 9.71 Å². The van der Waals surface area contributed by atoms with Crippen LogP contribution in [0.3, 0.4) is 0 Å². The molecule has 0 atom stereocenters. The summed E-state index contributed by atoms with van der Waals surface area (Å²) in [5.41, 5.74) is 1.08. The SMILES string of the molecule is COc1ccccc1CNS(=O)(=O)c1ccc(CN2C(=O)c3cccnc3C2=O)s1. The van der Waals surface area contributed by atoms with Crippen LogP contribution in [0.1, 0.15) is 31.3 Å². The van der Waals surface area contributed by atoms with Gasteiger partial charge in [-0.15, -0.1) is 11.3 Å². The number of rotatable bonds is 7. The number of nitrogens with one attached hydrogen (secondary N) is 1. The lowest BCUT2D eigenvalue weighted by molar-refractivity contribution is 0.0642. The van der Waals surface area contributed by atoms with Crippen molar-refractivity contribution in [1.29, 1.82) is 0 Å². The van der Waals surface area contributed by atoms with Gasteiger partial charge in [0, 0.05) is 23.2 Å². The fourth-order valence-corrected chi connectivity index (χ4v) is 5.49. The second-order valence-corrected chi connectivity index (χ2v) is 9.62. The largest absolute Gasteiger partial charge is 0.496 e. The second-order valence-electron chi connectivity index (χ2n) is 6.45. The quantitative estimate of drug-likeness (QED) is 0.562. The molecule has 4 rings (SSSR count). The minimum absolute atomic E-state index is 0.0132. The van der Waals surface area contributed by atoms with Gasteiger partial charge in [-0.3, -0.25) is 19.5 Å². The van der Waals surface area contributed by atoms with E-state index in [4.69, 9.17) is 4.74 Å². The van der Waals surface area contributed by atoms with Crippen LogP contribution in [0.25, 0.3) is 0 Å². The summed E-state index contributed by atoms with van der Waals surface area (Å²) in [6.07, 6.45) is 1.46. The monoisotopic (exact) mass is 443 g/mol. The highest BCUT2D eigenvalue weighted by atomic mass is 32.2. The smallest absolute Gasteiger partial charge is 0.280 e. The Hall–Kier alpha value is -3.08. The first-order valence-corrected chi connectivity index (χ1v) is 11.2. The van der Waals surface area contributed by atoms with Gasteiger partial charge in [0.25, 0.3) is 11.8 Å². The lowest BCUT2D eigenvalue weighted by Crippen LogP contribution is -2.28. The number of pyridine rings is 1. The third-order valence-corrected chi connectivity index (χ3v) is 7.56. The Morgan fingerprint density at radius 1 is 1.07 bits per heavy atom. The van der Waals surface area contributed by atoms with Crippen molar-refractivity contribution in [3.63, 3.8) is 0 Å². The van der Waals surface area contributed by atoms with E-state index in [1.807, 2.05) is 0 Å². The van der Waals surface area contributed by atoms with Crippen LogP contribution in [0, 0.1) is 0 Å². The molecule has 154 valence electrons. The molecule has 30 heavy (non-hydrogen) atoms. The van der Waals surface area contributed by atoms with Crippen LogP contribution in [-0.2, 0) is 23.1 Å². The van der Waals surface area contributed by atoms with Crippen LogP contribution in [-0.4, -0.2) is 37.2 Å². The molecule has 0 spiro atoms. The number of ether oxygens (including phenoxy) is 1. The molecular formula is C20H17N3O5S2. The highest BCUT2D eigenvalue weighted by Crippen LogP contribution is 2.27. The van der Waals surface area contributed by atoms with Crippen molar-refractivity contribution in [3.05, 3.63) is 76.4 Å². The summed E-state index contributed by atoms with van der Waals surface area (Å²) < 4.78 is 33.2. The molecule has 0 fully saturated rings. The van der Waals surface area contributed by atoms with E-state index < -0.39 is 21.8 Å². The number of thiophene rings is 1. The van der Waals surface area contributed by atoms with Crippen LogP contribution in [0.5, 0.6) is 5.75 Å². The van der Waals surface area contributed by atoms with Crippen LogP contribution in [0.4, 0.5) is 0 Å². The van der Waals surface area contributed by atoms with E-state index in [1.54, 1.807) is 42.5 Å². The van der Waals surface area contributed by atoms with Crippen LogP contribution in [0.15, 0.2) is 58.9 Å². The van der Waals surface area contributed by atoms with Crippen molar-refractivity contribution < 1.29 is 22.7 Å². The number of carbonyl (C=O) groups is 2. The molecule has 2 aromatic heterocycles. The zero-order valence-corrected chi connectivity index (χ0v) is 17.5. The molecule has 1 N–H and O–H groups in total. The van der Waals surface area contributed by atoms with Crippen LogP contribution in [0.2, 0.25) is 0 Å². The summed E-state index contributed by atoms with van der Waals surface area (Å²) in [6, 6.07) is 13.3. The van der Waals surface area contributed by atoms with Gasteiger partial charge in [0.2, 0.25) is 10.0 Å². The minimum Gasteiger partial charge on any atom is -0.496 e. The number of aromatic nitrogens is 1. The molecule has 1 aromatic carbocycles. The molecule has 0 radical (unpaired) electrons. The average Bonchev–Trinajstić information content (AvgIpc) is 3.33. The summed E-state index contributed by atoms with van der Waals surface area (Å²) in [4.78, 5) is 30.5. The van der Waals surface area contributed by atoms with E-state index in [-0.39, 0.29) is 28.6 Å². The standard InChI is InChI=1S/C20H17N3O5S2/c1-28-16-7-3-2-5-13(16)11-22-30(26,27)17-9-8-14(29-17)12-23-19(24)15-6-4-10-21-18(15)20(23)25/h2-10,22H,11-12H2,1H3. The first-order valence-electron chi connectivity index (χ1n) is 8.92. The van der Waals surface area contributed by atoms with Crippen molar-refractivity contribution >= 4 is 33.2 Å². The number of carbonyl (C=O) groups excluding carboxylic acids is 2. The number of benzene rings is 1. The van der Waals surface area contributed by atoms with Crippen LogP contribution >= 0.6 is 11.3 Å². The van der Waals surface area contributed by atoms with Gasteiger partial charge in [-0.1, -0.05) is 18.2 Å². The molecular weight excluding hydrogens is 426 g/mol. The fourth-order valence-electron chi connectivity index (χ4n) is 3.09. The number of fused-ring (bicyclic) bond motifs is 1. The maximum atomic E-state index is 12.7. The third kappa shape index (κ3) is 3.72. The predicted molar refractivity (Wildman–Crippen MR) is 110 cm³/mol. The molecule has 0 saturated heterocycles. The Balaban J connectivity index is 1.47. The van der Waals surface area contributed by atoms with E-state index in [1.165, 1.54) is 19.4 Å². The zero-order chi connectivity index (χ0) is 21.3. The number of amides is 2. The number of imide groups is 1. The lowest BCUT2D eigenvalue weighted by atomic mass is 10.2. The molecule has 1 aliphatic heterocycles. The molecule has 8 nitrogen and oxygen atoms in total. The van der Waals surface area contributed by atoms with Gasteiger partial charge in [-0.2, -0.15) is 0 Å². The van der Waals surface area contributed by atoms with Crippen molar-refractivity contribution in [2.24, 2.45) is 0 Å². The van der Waals surface area contributed by atoms with Crippen LogP contribution < -0.4 is 9.46 Å². The number of methoxy groups -OCH3 is 1. The minimum atomic E-state index is -3.76. The van der Waals surface area contributed by atoms with Crippen molar-refractivity contribution in [2.75, 3.05) is 7.11 Å². The summed E-state index contributed by atoms with van der Waals surface area (Å²) in [7, 11) is -2.24. The predicted octanol–water partition coefficient (Wildman–Crippen LogP) is 2.43. The Kier molecular flexibility index (Phi) is 5.37. The van der Waals surface area contributed by atoms with Gasteiger partial charge in [-0.25, -0.2) is 13.1 Å². The highest BCUT2D eigenvalue weighted by molar-refractivity contribution is 7.91. The van der Waals surface area contributed by atoms with E-state index in [9.17, 15) is 18.0 Å². The summed E-state index contributed by atoms with van der Waals surface area (Å²) in [5, 5.41) is 0.